The van der Waals surface area contributed by atoms with Crippen LogP contribution in [0, 0.1) is 11.8 Å². The fourth-order valence-corrected chi connectivity index (χ4v) is 5.28. The van der Waals surface area contributed by atoms with Gasteiger partial charge in [0, 0.05) is 0 Å². The maximum Gasteiger partial charge on any atom is 1.00 e. The molecule has 0 N–H and O–H groups in total. The Hall–Kier alpha value is 0.130. The van der Waals surface area contributed by atoms with Crippen molar-refractivity contribution in [2.75, 3.05) is 0 Å². The van der Waals surface area contributed by atoms with Crippen molar-refractivity contribution in [3.05, 3.63) is 29.3 Å². The van der Waals surface area contributed by atoms with Gasteiger partial charge < -0.3 is 4.55 Å². The second-order valence-corrected chi connectivity index (χ2v) is 11.8. The molecule has 0 unspecified atom stereocenters. The van der Waals surface area contributed by atoms with Gasteiger partial charge in [-0.25, -0.2) is 8.42 Å². The first-order valence-electron chi connectivity index (χ1n) is 13.3. The third-order valence-electron chi connectivity index (χ3n) is 6.44. The van der Waals surface area contributed by atoms with E-state index in [0.717, 1.165) is 48.6 Å². The molecule has 0 aliphatic carbocycles. The van der Waals surface area contributed by atoms with E-state index in [1.54, 1.807) is 6.07 Å². The van der Waals surface area contributed by atoms with Crippen LogP contribution >= 0.6 is 0 Å². The van der Waals surface area contributed by atoms with E-state index in [9.17, 15) is 13.0 Å². The van der Waals surface area contributed by atoms with Crippen molar-refractivity contribution in [2.45, 2.75) is 135 Å². The van der Waals surface area contributed by atoms with E-state index >= 15 is 0 Å². The molecule has 5 heteroatoms. The minimum Gasteiger partial charge on any atom is -0.744 e. The van der Waals surface area contributed by atoms with E-state index in [1.807, 2.05) is 6.07 Å². The van der Waals surface area contributed by atoms with Crippen LogP contribution in [0.1, 0.15) is 129 Å². The quantitative estimate of drug-likeness (QED) is 0.148. The molecule has 0 atom stereocenters. The Morgan fingerprint density at radius 3 is 1.55 bits per heavy atom. The van der Waals surface area contributed by atoms with Crippen molar-refractivity contribution in [2.24, 2.45) is 11.8 Å². The first-order valence-corrected chi connectivity index (χ1v) is 14.7. The average Bonchev–Trinajstić information content (AvgIpc) is 2.71. The van der Waals surface area contributed by atoms with E-state index < -0.39 is 10.1 Å². The van der Waals surface area contributed by atoms with Crippen LogP contribution in [-0.4, -0.2) is 13.0 Å². The Morgan fingerprint density at radius 1 is 0.667 bits per heavy atom. The Morgan fingerprint density at radius 2 is 1.09 bits per heavy atom. The van der Waals surface area contributed by atoms with E-state index in [4.69, 9.17) is 0 Å². The molecule has 0 aliphatic heterocycles. The van der Waals surface area contributed by atoms with Gasteiger partial charge in [0.15, 0.2) is 0 Å². The largest absolute Gasteiger partial charge is 1.00 e. The van der Waals surface area contributed by atoms with Gasteiger partial charge in [-0.1, -0.05) is 117 Å². The zero-order valence-electron chi connectivity index (χ0n) is 22.3. The first-order chi connectivity index (χ1) is 15.2. The van der Waals surface area contributed by atoms with Gasteiger partial charge in [-0.2, -0.15) is 0 Å². The number of aryl methyl sites for hydroxylation is 1. The molecular formula is C28H49NaO3S. The number of unbranched alkanes of at least 4 members (excludes halogenated alkanes) is 10. The van der Waals surface area contributed by atoms with Gasteiger partial charge in [0.05, 0.1) is 4.90 Å². The molecule has 0 aromatic heterocycles. The summed E-state index contributed by atoms with van der Waals surface area (Å²) in [6, 6.07) is 5.27. The Bertz CT molecular complexity index is 714. The zero-order valence-corrected chi connectivity index (χ0v) is 25.1. The number of rotatable bonds is 19. The van der Waals surface area contributed by atoms with Gasteiger partial charge in [-0.3, -0.25) is 0 Å². The van der Waals surface area contributed by atoms with Crippen LogP contribution in [-0.2, 0) is 23.0 Å². The Labute approximate surface area is 228 Å². The minimum atomic E-state index is -4.42. The molecule has 0 heterocycles. The second-order valence-electron chi connectivity index (χ2n) is 10.5. The van der Waals surface area contributed by atoms with E-state index in [-0.39, 0.29) is 34.5 Å². The summed E-state index contributed by atoms with van der Waals surface area (Å²) in [6.07, 6.45) is 18.7. The van der Waals surface area contributed by atoms with E-state index in [1.165, 1.54) is 76.7 Å². The van der Waals surface area contributed by atoms with Crippen molar-refractivity contribution in [3.8, 4) is 0 Å². The topological polar surface area (TPSA) is 57.2 Å². The summed E-state index contributed by atoms with van der Waals surface area (Å²) in [7, 11) is -4.42. The third-order valence-corrected chi connectivity index (χ3v) is 7.36. The molecule has 33 heavy (non-hydrogen) atoms. The van der Waals surface area contributed by atoms with Crippen LogP contribution in [0.15, 0.2) is 23.1 Å². The van der Waals surface area contributed by atoms with Gasteiger partial charge in [-0.05, 0) is 54.7 Å². The van der Waals surface area contributed by atoms with E-state index in [0.29, 0.717) is 6.42 Å². The molecule has 186 valence electrons. The molecule has 3 nitrogen and oxygen atoms in total. The minimum absolute atomic E-state index is 0. The molecule has 0 spiro atoms. The monoisotopic (exact) mass is 488 g/mol. The Balaban J connectivity index is 0.0000102. The van der Waals surface area contributed by atoms with Crippen LogP contribution in [0.25, 0.3) is 0 Å². The summed E-state index contributed by atoms with van der Waals surface area (Å²) in [5.74, 6) is 1.58. The summed E-state index contributed by atoms with van der Waals surface area (Å²) in [5, 5.41) is 0. The van der Waals surface area contributed by atoms with Crippen molar-refractivity contribution in [3.63, 3.8) is 0 Å². The van der Waals surface area contributed by atoms with Gasteiger partial charge in [-0.15, -0.1) is 0 Å². The zero-order chi connectivity index (χ0) is 23.8. The summed E-state index contributed by atoms with van der Waals surface area (Å²) in [4.78, 5) is 0.0145. The Kier molecular flexibility index (Phi) is 19.4. The number of hydrogen-bond donors (Lipinski definition) is 0. The van der Waals surface area contributed by atoms with Crippen molar-refractivity contribution < 1.29 is 42.5 Å². The molecule has 0 fully saturated rings. The molecule has 0 amide bonds. The first kappa shape index (κ1) is 33.1. The van der Waals surface area contributed by atoms with Crippen LogP contribution in [0.3, 0.4) is 0 Å². The summed E-state index contributed by atoms with van der Waals surface area (Å²) in [6.45, 7) is 9.10. The van der Waals surface area contributed by atoms with Crippen LogP contribution in [0.5, 0.6) is 0 Å². The molecule has 0 saturated heterocycles. The maximum atomic E-state index is 11.8. The second kappa shape index (κ2) is 19.3. The van der Waals surface area contributed by atoms with Crippen molar-refractivity contribution >= 4 is 10.1 Å². The molecule has 0 radical (unpaired) electrons. The van der Waals surface area contributed by atoms with Crippen LogP contribution in [0.2, 0.25) is 0 Å². The molecule has 1 aromatic carbocycles. The molecule has 0 saturated carbocycles. The SMILES string of the molecule is CC(C)CCCCCCCCc1cccc(S(=O)(=O)[O-])c1CCCCCCCCC(C)C.[Na+]. The standard InChI is InChI=1S/C28H50O3S.Na/c1-24(2)18-13-9-5-7-11-15-20-26-21-17-23-28(32(29,30)31)27(26)22-16-12-8-6-10-14-19-25(3)4;/h17,21,23-25H,5-16,18-20,22H2,1-4H3,(H,29,30,31);/q;+1/p-1. The molecule has 0 bridgehead atoms. The molecule has 1 aromatic rings. The maximum absolute atomic E-state index is 11.8. The van der Waals surface area contributed by atoms with Crippen LogP contribution < -0.4 is 29.6 Å². The van der Waals surface area contributed by atoms with E-state index in [2.05, 4.69) is 27.7 Å². The van der Waals surface area contributed by atoms with Crippen molar-refractivity contribution in [1.82, 2.24) is 0 Å². The summed E-state index contributed by atoms with van der Waals surface area (Å²) >= 11 is 0. The summed E-state index contributed by atoms with van der Waals surface area (Å²) < 4.78 is 35.5. The molecule has 1 rings (SSSR count). The normalized spacial score (nSPS) is 11.8. The predicted molar refractivity (Wildman–Crippen MR) is 136 cm³/mol. The molecular weight excluding hydrogens is 439 g/mol. The van der Waals surface area contributed by atoms with Gasteiger partial charge in [0.2, 0.25) is 0 Å². The molecule has 0 aliphatic rings. The van der Waals surface area contributed by atoms with Gasteiger partial charge in [0.1, 0.15) is 10.1 Å². The number of hydrogen-bond acceptors (Lipinski definition) is 3. The van der Waals surface area contributed by atoms with Crippen LogP contribution in [0.4, 0.5) is 0 Å². The summed E-state index contributed by atoms with van der Waals surface area (Å²) in [5.41, 5.74) is 1.86. The van der Waals surface area contributed by atoms with Gasteiger partial charge in [0.25, 0.3) is 0 Å². The average molecular weight is 489 g/mol. The van der Waals surface area contributed by atoms with Gasteiger partial charge >= 0.3 is 29.6 Å². The van der Waals surface area contributed by atoms with Crippen molar-refractivity contribution in [1.29, 1.82) is 0 Å². The fourth-order valence-electron chi connectivity index (χ4n) is 4.50. The third kappa shape index (κ3) is 16.4. The smallest absolute Gasteiger partial charge is 0.744 e. The predicted octanol–water partition coefficient (Wildman–Crippen LogP) is 5.45. The number of benzene rings is 1. The fraction of sp³-hybridized carbons (Fsp3) is 0.786.